The predicted molar refractivity (Wildman–Crippen MR) is 121 cm³/mol. The molecule has 138 valence electrons. The van der Waals surface area contributed by atoms with Gasteiger partial charge in [0.1, 0.15) is 0 Å². The first kappa shape index (κ1) is 16.2. The zero-order valence-electron chi connectivity index (χ0n) is 15.9. The van der Waals surface area contributed by atoms with Crippen LogP contribution in [0.2, 0.25) is 0 Å². The Morgan fingerprint density at radius 2 is 0.966 bits per heavy atom. The first-order valence-electron chi connectivity index (χ1n) is 10.00. The molecule has 2 heterocycles. The summed E-state index contributed by atoms with van der Waals surface area (Å²) in [7, 11) is 0. The van der Waals surface area contributed by atoms with Crippen molar-refractivity contribution in [3.8, 4) is 0 Å². The van der Waals surface area contributed by atoms with Crippen LogP contribution in [0.1, 0.15) is 22.6 Å². The van der Waals surface area contributed by atoms with Crippen LogP contribution in [0.5, 0.6) is 0 Å². The molecule has 0 radical (unpaired) electrons. The Bertz CT molecular complexity index is 1390. The van der Waals surface area contributed by atoms with Gasteiger partial charge in [-0.25, -0.2) is 0 Å². The molecule has 0 atom stereocenters. The largest absolute Gasteiger partial charge is 0.361 e. The molecule has 6 rings (SSSR count). The van der Waals surface area contributed by atoms with Crippen LogP contribution in [0.3, 0.4) is 0 Å². The van der Waals surface area contributed by atoms with Crippen molar-refractivity contribution in [1.29, 1.82) is 0 Å². The summed E-state index contributed by atoms with van der Waals surface area (Å²) in [6.07, 6.45) is 4.36. The van der Waals surface area contributed by atoms with E-state index in [9.17, 15) is 0 Å². The Kier molecular flexibility index (Phi) is 3.57. The highest BCUT2D eigenvalue weighted by Gasteiger charge is 2.24. The second kappa shape index (κ2) is 6.39. The van der Waals surface area contributed by atoms with Crippen molar-refractivity contribution in [2.45, 2.75) is 5.92 Å². The minimum absolute atomic E-state index is 0.133. The van der Waals surface area contributed by atoms with E-state index in [0.29, 0.717) is 0 Å². The molecule has 0 aliphatic heterocycles. The van der Waals surface area contributed by atoms with Gasteiger partial charge in [0.05, 0.1) is 0 Å². The molecule has 2 heteroatoms. The van der Waals surface area contributed by atoms with E-state index in [1.54, 1.807) is 0 Å². The number of hydrogen-bond acceptors (Lipinski definition) is 0. The maximum absolute atomic E-state index is 3.49. The number of hydrogen-bond donors (Lipinski definition) is 2. The second-order valence-electron chi connectivity index (χ2n) is 7.58. The third kappa shape index (κ3) is 2.50. The van der Waals surface area contributed by atoms with Crippen LogP contribution in [-0.2, 0) is 0 Å². The summed E-state index contributed by atoms with van der Waals surface area (Å²) in [5, 5.41) is 5.12. The van der Waals surface area contributed by atoms with Gasteiger partial charge in [0.25, 0.3) is 0 Å². The van der Waals surface area contributed by atoms with Crippen molar-refractivity contribution >= 4 is 32.6 Å². The highest BCUT2D eigenvalue weighted by molar-refractivity contribution is 5.93. The van der Waals surface area contributed by atoms with Crippen molar-refractivity contribution in [3.05, 3.63) is 120 Å². The van der Waals surface area contributed by atoms with E-state index in [4.69, 9.17) is 0 Å². The number of nitrogens with one attached hydrogen (secondary N) is 2. The molecule has 6 aromatic rings. The zero-order valence-corrected chi connectivity index (χ0v) is 15.9. The van der Waals surface area contributed by atoms with Crippen LogP contribution in [0.4, 0.5) is 0 Å². The third-order valence-electron chi connectivity index (χ3n) is 6.00. The molecule has 0 aliphatic carbocycles. The van der Waals surface area contributed by atoms with Gasteiger partial charge in [-0.05, 0) is 39.6 Å². The monoisotopic (exact) mass is 372 g/mol. The van der Waals surface area contributed by atoms with Crippen LogP contribution < -0.4 is 0 Å². The fourth-order valence-corrected chi connectivity index (χ4v) is 4.67. The summed E-state index contributed by atoms with van der Waals surface area (Å²) in [4.78, 5) is 6.97. The topological polar surface area (TPSA) is 31.6 Å². The number of benzene rings is 4. The summed E-state index contributed by atoms with van der Waals surface area (Å²) >= 11 is 0. The van der Waals surface area contributed by atoms with Gasteiger partial charge in [-0.3, -0.25) is 0 Å². The first-order valence-corrected chi connectivity index (χ1v) is 10.00. The van der Waals surface area contributed by atoms with Gasteiger partial charge in [-0.1, -0.05) is 78.9 Å². The summed E-state index contributed by atoms with van der Waals surface area (Å²) in [5.41, 5.74) is 6.29. The quantitative estimate of drug-likeness (QED) is 0.336. The Hall–Kier alpha value is -3.78. The molecule has 2 aromatic heterocycles. The summed E-state index contributed by atoms with van der Waals surface area (Å²) in [6.45, 7) is 0. The van der Waals surface area contributed by atoms with Crippen LogP contribution in [0, 0.1) is 0 Å². The smallest absolute Gasteiger partial charge is 0.0457 e. The number of para-hydroxylation sites is 2. The van der Waals surface area contributed by atoms with Crippen molar-refractivity contribution in [3.63, 3.8) is 0 Å². The lowest BCUT2D eigenvalue weighted by molar-refractivity contribution is 1.01. The van der Waals surface area contributed by atoms with Crippen molar-refractivity contribution in [1.82, 2.24) is 9.97 Å². The zero-order chi connectivity index (χ0) is 19.2. The average molecular weight is 372 g/mol. The number of fused-ring (bicyclic) bond motifs is 3. The van der Waals surface area contributed by atoms with Crippen molar-refractivity contribution < 1.29 is 0 Å². The lowest BCUT2D eigenvalue weighted by Gasteiger charge is -2.19. The van der Waals surface area contributed by atoms with E-state index >= 15 is 0 Å². The van der Waals surface area contributed by atoms with Gasteiger partial charge in [-0.15, -0.1) is 0 Å². The molecule has 0 saturated carbocycles. The molecule has 0 amide bonds. The average Bonchev–Trinajstić information content (AvgIpc) is 3.40. The van der Waals surface area contributed by atoms with Gasteiger partial charge in [0.2, 0.25) is 0 Å². The highest BCUT2D eigenvalue weighted by atomic mass is 14.7. The van der Waals surface area contributed by atoms with E-state index in [2.05, 4.69) is 113 Å². The molecule has 0 bridgehead atoms. The van der Waals surface area contributed by atoms with Gasteiger partial charge >= 0.3 is 0 Å². The van der Waals surface area contributed by atoms with Crippen LogP contribution >= 0.6 is 0 Å². The fourth-order valence-electron chi connectivity index (χ4n) is 4.67. The standard InChI is InChI=1S/C27H20N2/c1-2-10-19-18(8-1)9-7-13-22(19)27(23-16-28-25-14-5-3-11-20(23)25)24-17-29-26-15-6-4-12-21(24)26/h1-17,27-29H. The van der Waals surface area contributed by atoms with E-state index in [-0.39, 0.29) is 5.92 Å². The molecule has 2 nitrogen and oxygen atoms in total. The lowest BCUT2D eigenvalue weighted by Crippen LogP contribution is -2.03. The normalized spacial score (nSPS) is 11.8. The third-order valence-corrected chi connectivity index (χ3v) is 6.00. The maximum Gasteiger partial charge on any atom is 0.0457 e. The van der Waals surface area contributed by atoms with Crippen molar-refractivity contribution in [2.24, 2.45) is 0 Å². The Morgan fingerprint density at radius 3 is 1.62 bits per heavy atom. The van der Waals surface area contributed by atoms with Gasteiger partial charge in [0.15, 0.2) is 0 Å². The predicted octanol–water partition coefficient (Wildman–Crippen LogP) is 6.98. The van der Waals surface area contributed by atoms with Crippen LogP contribution in [0.25, 0.3) is 32.6 Å². The molecule has 0 aliphatic rings. The molecule has 0 fully saturated rings. The molecule has 0 spiro atoms. The van der Waals surface area contributed by atoms with Gasteiger partial charge in [0, 0.05) is 40.1 Å². The minimum Gasteiger partial charge on any atom is -0.361 e. The Balaban J connectivity index is 1.71. The van der Waals surface area contributed by atoms with Gasteiger partial charge in [-0.2, -0.15) is 0 Å². The molecule has 0 unspecified atom stereocenters. The minimum atomic E-state index is 0.133. The highest BCUT2D eigenvalue weighted by Crippen LogP contribution is 2.41. The maximum atomic E-state index is 3.49. The van der Waals surface area contributed by atoms with E-state index in [1.807, 2.05) is 0 Å². The summed E-state index contributed by atoms with van der Waals surface area (Å²) in [5.74, 6) is 0.133. The van der Waals surface area contributed by atoms with Crippen LogP contribution in [0.15, 0.2) is 103 Å². The molecule has 4 aromatic carbocycles. The first-order chi connectivity index (χ1) is 14.4. The number of rotatable bonds is 3. The van der Waals surface area contributed by atoms with Gasteiger partial charge < -0.3 is 9.97 Å². The second-order valence-corrected chi connectivity index (χ2v) is 7.58. The summed E-state index contributed by atoms with van der Waals surface area (Å²) in [6, 6.07) is 32.5. The molecule has 29 heavy (non-hydrogen) atoms. The van der Waals surface area contributed by atoms with E-state index in [1.165, 1.54) is 49.3 Å². The lowest BCUT2D eigenvalue weighted by atomic mass is 9.82. The SMILES string of the molecule is c1ccc2c(C(c3c[nH]c4ccccc34)c3c[nH]c4ccccc34)cccc2c1. The van der Waals surface area contributed by atoms with E-state index in [0.717, 1.165) is 0 Å². The summed E-state index contributed by atoms with van der Waals surface area (Å²) < 4.78 is 0. The fraction of sp³-hybridized carbons (Fsp3) is 0.0370. The van der Waals surface area contributed by atoms with Crippen molar-refractivity contribution in [2.75, 3.05) is 0 Å². The molecular weight excluding hydrogens is 352 g/mol. The number of aromatic nitrogens is 2. The molecule has 0 saturated heterocycles. The van der Waals surface area contributed by atoms with E-state index < -0.39 is 0 Å². The molecular formula is C27H20N2. The molecule has 2 N–H and O–H groups in total. The number of H-pyrrole nitrogens is 2. The number of aromatic amines is 2. The Labute approximate surface area is 168 Å². The van der Waals surface area contributed by atoms with Crippen LogP contribution in [-0.4, -0.2) is 9.97 Å². The Morgan fingerprint density at radius 1 is 0.448 bits per heavy atom.